The van der Waals surface area contributed by atoms with Crippen molar-refractivity contribution in [3.63, 3.8) is 0 Å². The van der Waals surface area contributed by atoms with Crippen LogP contribution in [-0.2, 0) is 6.18 Å². The van der Waals surface area contributed by atoms with E-state index in [4.69, 9.17) is 5.11 Å². The molecule has 1 aliphatic carbocycles. The van der Waals surface area contributed by atoms with Gasteiger partial charge in [-0.1, -0.05) is 13.3 Å². The van der Waals surface area contributed by atoms with Gasteiger partial charge < -0.3 is 10.4 Å². The highest BCUT2D eigenvalue weighted by Gasteiger charge is 2.36. The summed E-state index contributed by atoms with van der Waals surface area (Å²) in [7, 11) is 0. The van der Waals surface area contributed by atoms with Crippen LogP contribution in [-0.4, -0.2) is 17.1 Å². The van der Waals surface area contributed by atoms with Gasteiger partial charge in [0.2, 0.25) is 0 Å². The van der Waals surface area contributed by atoms with E-state index in [1.54, 1.807) is 0 Å². The number of benzene rings is 1. The Kier molecular flexibility index (Phi) is 3.92. The maximum Gasteiger partial charge on any atom is 0.417 e. The van der Waals surface area contributed by atoms with Gasteiger partial charge in [0.05, 0.1) is 11.1 Å². The number of halogens is 3. The summed E-state index contributed by atoms with van der Waals surface area (Å²) in [5.74, 6) is -1.17. The lowest BCUT2D eigenvalue weighted by molar-refractivity contribution is -0.138. The summed E-state index contributed by atoms with van der Waals surface area (Å²) in [6.07, 6.45) is -1.65. The molecule has 6 heteroatoms. The SMILES string of the molecule is CC1CCCC1Nc1ccc(C(=O)O)c(C(F)(F)F)c1. The Hall–Kier alpha value is -1.72. The summed E-state index contributed by atoms with van der Waals surface area (Å²) in [5.41, 5.74) is -1.51. The second kappa shape index (κ2) is 5.34. The summed E-state index contributed by atoms with van der Waals surface area (Å²) < 4.78 is 38.7. The first-order valence-corrected chi connectivity index (χ1v) is 6.50. The molecule has 0 saturated heterocycles. The molecule has 3 nitrogen and oxygen atoms in total. The summed E-state index contributed by atoms with van der Waals surface area (Å²) >= 11 is 0. The van der Waals surface area contributed by atoms with Gasteiger partial charge in [0.25, 0.3) is 0 Å². The summed E-state index contributed by atoms with van der Waals surface area (Å²) in [5, 5.41) is 11.9. The van der Waals surface area contributed by atoms with Crippen LogP contribution in [0.25, 0.3) is 0 Å². The molecule has 2 N–H and O–H groups in total. The van der Waals surface area contributed by atoms with E-state index in [0.717, 1.165) is 31.4 Å². The average molecular weight is 287 g/mol. The molecule has 1 saturated carbocycles. The van der Waals surface area contributed by atoms with Crippen molar-refractivity contribution in [1.82, 2.24) is 0 Å². The fourth-order valence-electron chi connectivity index (χ4n) is 2.63. The van der Waals surface area contributed by atoms with Crippen LogP contribution in [0.15, 0.2) is 18.2 Å². The van der Waals surface area contributed by atoms with E-state index >= 15 is 0 Å². The Morgan fingerprint density at radius 3 is 2.55 bits per heavy atom. The van der Waals surface area contributed by atoms with E-state index in [0.29, 0.717) is 11.6 Å². The molecule has 1 aromatic carbocycles. The molecular weight excluding hydrogens is 271 g/mol. The van der Waals surface area contributed by atoms with Crippen molar-refractivity contribution in [3.8, 4) is 0 Å². The van der Waals surface area contributed by atoms with E-state index in [2.05, 4.69) is 12.2 Å². The van der Waals surface area contributed by atoms with Crippen molar-refractivity contribution in [2.24, 2.45) is 5.92 Å². The third-order valence-corrected chi connectivity index (χ3v) is 3.77. The molecule has 1 fully saturated rings. The number of rotatable bonds is 3. The predicted octanol–water partition coefficient (Wildman–Crippen LogP) is 4.00. The van der Waals surface area contributed by atoms with E-state index in [-0.39, 0.29) is 6.04 Å². The molecule has 0 heterocycles. The van der Waals surface area contributed by atoms with Crippen molar-refractivity contribution in [2.45, 2.75) is 38.4 Å². The van der Waals surface area contributed by atoms with Crippen molar-refractivity contribution in [1.29, 1.82) is 0 Å². The zero-order valence-corrected chi connectivity index (χ0v) is 11.0. The molecule has 0 radical (unpaired) electrons. The number of hydrogen-bond acceptors (Lipinski definition) is 2. The smallest absolute Gasteiger partial charge is 0.417 e. The normalized spacial score (nSPS) is 22.8. The summed E-state index contributed by atoms with van der Waals surface area (Å²) in [6.45, 7) is 2.06. The van der Waals surface area contributed by atoms with Crippen molar-refractivity contribution in [3.05, 3.63) is 29.3 Å². The van der Waals surface area contributed by atoms with Gasteiger partial charge in [-0.3, -0.25) is 0 Å². The third kappa shape index (κ3) is 3.05. The third-order valence-electron chi connectivity index (χ3n) is 3.77. The quantitative estimate of drug-likeness (QED) is 0.883. The minimum Gasteiger partial charge on any atom is -0.478 e. The number of nitrogens with one attached hydrogen (secondary N) is 1. The molecule has 1 aromatic rings. The number of carboxylic acids is 1. The zero-order valence-electron chi connectivity index (χ0n) is 11.0. The number of aromatic carboxylic acids is 1. The fourth-order valence-corrected chi connectivity index (χ4v) is 2.63. The Bertz CT molecular complexity index is 514. The van der Waals surface area contributed by atoms with E-state index in [1.807, 2.05) is 0 Å². The van der Waals surface area contributed by atoms with Gasteiger partial charge in [-0.05, 0) is 37.0 Å². The Balaban J connectivity index is 2.30. The lowest BCUT2D eigenvalue weighted by Gasteiger charge is -2.20. The van der Waals surface area contributed by atoms with Crippen LogP contribution in [0.4, 0.5) is 18.9 Å². The van der Waals surface area contributed by atoms with Crippen LogP contribution < -0.4 is 5.32 Å². The molecule has 0 aromatic heterocycles. The van der Waals surface area contributed by atoms with Crippen LogP contribution in [0.2, 0.25) is 0 Å². The monoisotopic (exact) mass is 287 g/mol. The second-order valence-corrected chi connectivity index (χ2v) is 5.22. The Morgan fingerprint density at radius 2 is 2.05 bits per heavy atom. The van der Waals surface area contributed by atoms with Crippen LogP contribution >= 0.6 is 0 Å². The van der Waals surface area contributed by atoms with E-state index in [1.165, 1.54) is 6.07 Å². The lowest BCUT2D eigenvalue weighted by atomic mass is 10.0. The maximum absolute atomic E-state index is 12.9. The molecule has 0 amide bonds. The van der Waals surface area contributed by atoms with Crippen LogP contribution in [0, 0.1) is 5.92 Å². The predicted molar refractivity (Wildman–Crippen MR) is 68.8 cm³/mol. The summed E-state index contributed by atoms with van der Waals surface area (Å²) in [6, 6.07) is 3.43. The minimum absolute atomic E-state index is 0.145. The standard InChI is InChI=1S/C14H16F3NO2/c1-8-3-2-4-12(8)18-9-5-6-10(13(19)20)11(7-9)14(15,16)17/h5-8,12,18H,2-4H2,1H3,(H,19,20). The van der Waals surface area contributed by atoms with E-state index < -0.39 is 23.3 Å². The number of carboxylic acid groups (broad SMARTS) is 1. The van der Waals surface area contributed by atoms with Gasteiger partial charge in [0.1, 0.15) is 0 Å². The lowest BCUT2D eigenvalue weighted by Crippen LogP contribution is -2.22. The zero-order chi connectivity index (χ0) is 14.9. The molecule has 1 aliphatic rings. The highest BCUT2D eigenvalue weighted by atomic mass is 19.4. The number of alkyl halides is 3. The molecule has 20 heavy (non-hydrogen) atoms. The molecule has 2 atom stereocenters. The van der Waals surface area contributed by atoms with Gasteiger partial charge in [0, 0.05) is 11.7 Å². The topological polar surface area (TPSA) is 49.3 Å². The molecule has 0 aliphatic heterocycles. The van der Waals surface area contributed by atoms with Crippen LogP contribution in [0.3, 0.4) is 0 Å². The first-order chi connectivity index (χ1) is 9.29. The van der Waals surface area contributed by atoms with Gasteiger partial charge in [-0.25, -0.2) is 4.79 Å². The van der Waals surface area contributed by atoms with Crippen LogP contribution in [0.5, 0.6) is 0 Å². The van der Waals surface area contributed by atoms with Gasteiger partial charge >= 0.3 is 12.1 Å². The molecule has 0 bridgehead atoms. The minimum atomic E-state index is -4.67. The van der Waals surface area contributed by atoms with E-state index in [9.17, 15) is 18.0 Å². The average Bonchev–Trinajstić information content (AvgIpc) is 2.73. The highest BCUT2D eigenvalue weighted by molar-refractivity contribution is 5.90. The van der Waals surface area contributed by atoms with Crippen LogP contribution in [0.1, 0.15) is 42.1 Å². The fraction of sp³-hybridized carbons (Fsp3) is 0.500. The Labute approximate surface area is 114 Å². The number of anilines is 1. The Morgan fingerprint density at radius 1 is 1.35 bits per heavy atom. The largest absolute Gasteiger partial charge is 0.478 e. The second-order valence-electron chi connectivity index (χ2n) is 5.22. The summed E-state index contributed by atoms with van der Waals surface area (Å²) in [4.78, 5) is 10.9. The first-order valence-electron chi connectivity index (χ1n) is 6.50. The van der Waals surface area contributed by atoms with Gasteiger partial charge in [0.15, 0.2) is 0 Å². The highest BCUT2D eigenvalue weighted by Crippen LogP contribution is 2.35. The molecule has 0 spiro atoms. The van der Waals surface area contributed by atoms with Crippen molar-refractivity contribution < 1.29 is 23.1 Å². The maximum atomic E-state index is 12.9. The van der Waals surface area contributed by atoms with Crippen molar-refractivity contribution in [2.75, 3.05) is 5.32 Å². The van der Waals surface area contributed by atoms with Gasteiger partial charge in [-0.2, -0.15) is 13.2 Å². The molecular formula is C14H16F3NO2. The molecule has 2 unspecified atom stereocenters. The number of hydrogen-bond donors (Lipinski definition) is 2. The van der Waals surface area contributed by atoms with Gasteiger partial charge in [-0.15, -0.1) is 0 Å². The number of carbonyl (C=O) groups is 1. The van der Waals surface area contributed by atoms with Crippen molar-refractivity contribution >= 4 is 11.7 Å². The first kappa shape index (κ1) is 14.7. The molecule has 110 valence electrons. The molecule has 2 rings (SSSR count).